The number of nitrogens with one attached hydrogen (secondary N) is 2. The highest BCUT2D eigenvalue weighted by molar-refractivity contribution is 6.38. The lowest BCUT2D eigenvalue weighted by Gasteiger charge is -2.05. The normalized spacial score (nSPS) is 11.6. The summed E-state index contributed by atoms with van der Waals surface area (Å²) >= 11 is 12.1. The second-order valence-electron chi connectivity index (χ2n) is 4.67. The molecule has 0 aliphatic heterocycles. The number of rotatable bonds is 4. The van der Waals surface area contributed by atoms with E-state index in [0.29, 0.717) is 16.0 Å². The number of fused-ring (bicyclic) bond motifs is 1. The molecule has 1 aromatic carbocycles. The molecule has 0 aliphatic rings. The number of halogens is 2. The van der Waals surface area contributed by atoms with Crippen molar-refractivity contribution >= 4 is 34.1 Å². The third kappa shape index (κ3) is 3.15. The van der Waals surface area contributed by atoms with E-state index in [4.69, 9.17) is 23.2 Å². The predicted octanol–water partition coefficient (Wildman–Crippen LogP) is 4.22. The van der Waals surface area contributed by atoms with Crippen LogP contribution in [0.1, 0.15) is 19.5 Å². The van der Waals surface area contributed by atoms with Crippen molar-refractivity contribution in [3.8, 4) is 0 Å². The van der Waals surface area contributed by atoms with Crippen LogP contribution in [-0.4, -0.2) is 11.5 Å². The van der Waals surface area contributed by atoms with Gasteiger partial charge in [0, 0.05) is 22.6 Å². The summed E-state index contributed by atoms with van der Waals surface area (Å²) in [6, 6.07) is 5.76. The lowest BCUT2D eigenvalue weighted by molar-refractivity contribution is 0.549. The molecule has 2 rings (SSSR count). The van der Waals surface area contributed by atoms with Gasteiger partial charge >= 0.3 is 0 Å². The highest BCUT2D eigenvalue weighted by atomic mass is 35.5. The minimum Gasteiger partial charge on any atom is -0.356 e. The molecule has 2 aromatic rings. The lowest BCUT2D eigenvalue weighted by Crippen LogP contribution is -2.19. The van der Waals surface area contributed by atoms with E-state index >= 15 is 0 Å². The Labute approximate surface area is 111 Å². The molecule has 17 heavy (non-hydrogen) atoms. The van der Waals surface area contributed by atoms with E-state index in [1.807, 2.05) is 6.07 Å². The average molecular weight is 271 g/mol. The number of H-pyrrole nitrogens is 1. The van der Waals surface area contributed by atoms with Crippen molar-refractivity contribution in [1.82, 2.24) is 10.3 Å². The number of benzene rings is 1. The minimum atomic E-state index is 0.650. The summed E-state index contributed by atoms with van der Waals surface area (Å²) in [5, 5.41) is 5.79. The quantitative estimate of drug-likeness (QED) is 0.856. The van der Waals surface area contributed by atoms with E-state index in [2.05, 4.69) is 30.2 Å². The van der Waals surface area contributed by atoms with Crippen molar-refractivity contribution in [2.24, 2.45) is 5.92 Å². The molecule has 0 aliphatic carbocycles. The van der Waals surface area contributed by atoms with Crippen LogP contribution in [0.4, 0.5) is 0 Å². The maximum absolute atomic E-state index is 6.12. The van der Waals surface area contributed by atoms with Gasteiger partial charge in [0.2, 0.25) is 0 Å². The van der Waals surface area contributed by atoms with Crippen LogP contribution >= 0.6 is 23.2 Å². The van der Waals surface area contributed by atoms with Crippen LogP contribution in [0.2, 0.25) is 10.0 Å². The fraction of sp³-hybridized carbons (Fsp3) is 0.385. The van der Waals surface area contributed by atoms with Crippen molar-refractivity contribution in [1.29, 1.82) is 0 Å². The van der Waals surface area contributed by atoms with Crippen LogP contribution in [-0.2, 0) is 6.54 Å². The first-order valence-corrected chi connectivity index (χ1v) is 6.49. The largest absolute Gasteiger partial charge is 0.356 e. The SMILES string of the molecule is CC(C)CNCc1cc2cc(Cl)cc(Cl)c2[nH]1. The van der Waals surface area contributed by atoms with Gasteiger partial charge in [0.25, 0.3) is 0 Å². The summed E-state index contributed by atoms with van der Waals surface area (Å²) in [5.74, 6) is 0.650. The standard InChI is InChI=1S/C13H16Cl2N2/c1-8(2)6-16-7-11-4-9-3-10(14)5-12(15)13(9)17-11/h3-5,8,16-17H,6-7H2,1-2H3. The number of hydrogen-bond donors (Lipinski definition) is 2. The Bertz CT molecular complexity index is 517. The molecular formula is C13H16Cl2N2. The molecule has 2 nitrogen and oxygen atoms in total. The first kappa shape index (κ1) is 12.7. The molecule has 2 N–H and O–H groups in total. The van der Waals surface area contributed by atoms with Crippen molar-refractivity contribution in [3.05, 3.63) is 33.9 Å². The van der Waals surface area contributed by atoms with Crippen molar-refractivity contribution < 1.29 is 0 Å². The summed E-state index contributed by atoms with van der Waals surface area (Å²) in [7, 11) is 0. The maximum Gasteiger partial charge on any atom is 0.0661 e. The van der Waals surface area contributed by atoms with Gasteiger partial charge in [-0.05, 0) is 30.7 Å². The van der Waals surface area contributed by atoms with Gasteiger partial charge in [-0.2, -0.15) is 0 Å². The Morgan fingerprint density at radius 3 is 2.71 bits per heavy atom. The summed E-state index contributed by atoms with van der Waals surface area (Å²) in [6.07, 6.45) is 0. The zero-order valence-electron chi connectivity index (χ0n) is 9.98. The van der Waals surface area contributed by atoms with E-state index in [0.717, 1.165) is 29.7 Å². The number of aromatic amines is 1. The van der Waals surface area contributed by atoms with E-state index in [1.165, 1.54) is 0 Å². The zero-order chi connectivity index (χ0) is 12.4. The highest BCUT2D eigenvalue weighted by Crippen LogP contribution is 2.27. The second kappa shape index (κ2) is 5.30. The van der Waals surface area contributed by atoms with Gasteiger partial charge in [-0.25, -0.2) is 0 Å². The van der Waals surface area contributed by atoms with E-state index < -0.39 is 0 Å². The molecule has 92 valence electrons. The fourth-order valence-electron chi connectivity index (χ4n) is 1.81. The van der Waals surface area contributed by atoms with Crippen LogP contribution in [0.15, 0.2) is 18.2 Å². The summed E-state index contributed by atoms with van der Waals surface area (Å²) < 4.78 is 0. The molecule has 0 amide bonds. The third-order valence-corrected chi connectivity index (χ3v) is 3.09. The first-order chi connectivity index (χ1) is 8.06. The second-order valence-corrected chi connectivity index (χ2v) is 5.51. The zero-order valence-corrected chi connectivity index (χ0v) is 11.5. The molecule has 4 heteroatoms. The highest BCUT2D eigenvalue weighted by Gasteiger charge is 2.06. The number of aromatic nitrogens is 1. The van der Waals surface area contributed by atoms with E-state index in [9.17, 15) is 0 Å². The van der Waals surface area contributed by atoms with E-state index in [-0.39, 0.29) is 0 Å². The predicted molar refractivity (Wildman–Crippen MR) is 74.9 cm³/mol. The molecule has 0 unspecified atom stereocenters. The van der Waals surface area contributed by atoms with Gasteiger partial charge in [0.05, 0.1) is 10.5 Å². The Balaban J connectivity index is 2.17. The summed E-state index contributed by atoms with van der Waals surface area (Å²) in [6.45, 7) is 6.20. The molecule has 0 saturated carbocycles. The average Bonchev–Trinajstić information content (AvgIpc) is 2.60. The van der Waals surface area contributed by atoms with Crippen LogP contribution in [0.3, 0.4) is 0 Å². The Morgan fingerprint density at radius 1 is 1.24 bits per heavy atom. The van der Waals surface area contributed by atoms with Crippen LogP contribution in [0, 0.1) is 5.92 Å². The maximum atomic E-state index is 6.12. The lowest BCUT2D eigenvalue weighted by atomic mass is 10.2. The van der Waals surface area contributed by atoms with Crippen molar-refractivity contribution in [2.75, 3.05) is 6.54 Å². The third-order valence-electron chi connectivity index (χ3n) is 2.57. The van der Waals surface area contributed by atoms with Crippen LogP contribution in [0.5, 0.6) is 0 Å². The fourth-order valence-corrected chi connectivity index (χ4v) is 2.37. The molecule has 0 bridgehead atoms. The van der Waals surface area contributed by atoms with Gasteiger partial charge in [-0.3, -0.25) is 0 Å². The van der Waals surface area contributed by atoms with Gasteiger partial charge in [-0.15, -0.1) is 0 Å². The van der Waals surface area contributed by atoms with Gasteiger partial charge in [0.1, 0.15) is 0 Å². The monoisotopic (exact) mass is 270 g/mol. The van der Waals surface area contributed by atoms with Crippen LogP contribution < -0.4 is 5.32 Å². The Kier molecular flexibility index (Phi) is 3.97. The Morgan fingerprint density at radius 2 is 2.00 bits per heavy atom. The number of hydrogen-bond acceptors (Lipinski definition) is 1. The molecule has 0 radical (unpaired) electrons. The first-order valence-electron chi connectivity index (χ1n) is 5.73. The molecule has 1 aromatic heterocycles. The summed E-state index contributed by atoms with van der Waals surface area (Å²) in [5.41, 5.74) is 2.09. The molecule has 0 atom stereocenters. The van der Waals surface area contributed by atoms with Gasteiger partial charge < -0.3 is 10.3 Å². The summed E-state index contributed by atoms with van der Waals surface area (Å²) in [4.78, 5) is 3.31. The topological polar surface area (TPSA) is 27.8 Å². The molecular weight excluding hydrogens is 255 g/mol. The Hall–Kier alpha value is -0.700. The molecule has 0 saturated heterocycles. The molecule has 0 fully saturated rings. The van der Waals surface area contributed by atoms with Gasteiger partial charge in [0.15, 0.2) is 0 Å². The van der Waals surface area contributed by atoms with E-state index in [1.54, 1.807) is 6.07 Å². The van der Waals surface area contributed by atoms with Crippen LogP contribution in [0.25, 0.3) is 10.9 Å². The van der Waals surface area contributed by atoms with Crippen molar-refractivity contribution in [2.45, 2.75) is 20.4 Å². The molecule has 0 spiro atoms. The minimum absolute atomic E-state index is 0.650. The van der Waals surface area contributed by atoms with Crippen molar-refractivity contribution in [3.63, 3.8) is 0 Å². The smallest absolute Gasteiger partial charge is 0.0661 e. The molecule has 1 heterocycles. The van der Waals surface area contributed by atoms with Gasteiger partial charge in [-0.1, -0.05) is 37.0 Å².